The molecule has 0 saturated carbocycles. The van der Waals surface area contributed by atoms with Gasteiger partial charge in [0.2, 0.25) is 0 Å². The van der Waals surface area contributed by atoms with Gasteiger partial charge >= 0.3 is 6.01 Å². The molecule has 40 heavy (non-hydrogen) atoms. The third kappa shape index (κ3) is 5.28. The molecule has 0 amide bonds. The normalized spacial score (nSPS) is 27.4. The lowest BCUT2D eigenvalue weighted by Gasteiger charge is -2.44. The Bertz CT molecular complexity index is 1280. The molecule has 4 heterocycles. The van der Waals surface area contributed by atoms with Crippen molar-refractivity contribution >= 4 is 5.82 Å². The quantitative estimate of drug-likeness (QED) is 0.528. The Morgan fingerprint density at radius 2 is 2.12 bits per heavy atom. The van der Waals surface area contributed by atoms with Gasteiger partial charge in [-0.25, -0.2) is 0 Å². The SMILES string of the molecule is C=CC(O)N1CCN(c2nc(OCC3CCCN3C)nc3c2CCC2(COc4ccccc4C2)C3)CC1CC#N. The number of fused-ring (bicyclic) bond motifs is 2. The van der Waals surface area contributed by atoms with Crippen molar-refractivity contribution in [3.05, 3.63) is 53.7 Å². The van der Waals surface area contributed by atoms with Crippen molar-refractivity contribution in [3.63, 3.8) is 0 Å². The van der Waals surface area contributed by atoms with Gasteiger partial charge in [-0.2, -0.15) is 15.2 Å². The van der Waals surface area contributed by atoms with Crippen LogP contribution in [0.4, 0.5) is 5.82 Å². The number of likely N-dealkylation sites (N-methyl/N-ethyl adjacent to an activating group) is 1. The summed E-state index contributed by atoms with van der Waals surface area (Å²) in [5, 5.41) is 20.0. The maximum Gasteiger partial charge on any atom is 0.318 e. The molecule has 4 aliphatic rings. The van der Waals surface area contributed by atoms with Gasteiger partial charge in [-0.15, -0.1) is 0 Å². The van der Waals surface area contributed by atoms with Gasteiger partial charge in [0.15, 0.2) is 0 Å². The number of nitrogens with zero attached hydrogens (tertiary/aromatic N) is 6. The van der Waals surface area contributed by atoms with Crippen molar-refractivity contribution in [2.45, 2.75) is 63.3 Å². The summed E-state index contributed by atoms with van der Waals surface area (Å²) in [6.45, 7) is 8.03. The largest absolute Gasteiger partial charge is 0.493 e. The maximum absolute atomic E-state index is 10.5. The summed E-state index contributed by atoms with van der Waals surface area (Å²) in [4.78, 5) is 16.6. The molecule has 0 radical (unpaired) electrons. The van der Waals surface area contributed by atoms with Crippen molar-refractivity contribution in [1.82, 2.24) is 19.8 Å². The van der Waals surface area contributed by atoms with E-state index < -0.39 is 6.23 Å². The predicted octanol–water partition coefficient (Wildman–Crippen LogP) is 2.97. The molecule has 1 spiro atoms. The number of hydrogen-bond donors (Lipinski definition) is 1. The highest BCUT2D eigenvalue weighted by Crippen LogP contribution is 2.45. The lowest BCUT2D eigenvalue weighted by atomic mass is 9.69. The summed E-state index contributed by atoms with van der Waals surface area (Å²) in [5.41, 5.74) is 3.51. The topological polar surface area (TPSA) is 98.0 Å². The first-order chi connectivity index (χ1) is 19.5. The third-order valence-corrected chi connectivity index (χ3v) is 9.35. The number of nitriles is 1. The van der Waals surface area contributed by atoms with Gasteiger partial charge in [-0.3, -0.25) is 4.90 Å². The van der Waals surface area contributed by atoms with Crippen molar-refractivity contribution in [3.8, 4) is 17.8 Å². The van der Waals surface area contributed by atoms with Crippen LogP contribution < -0.4 is 14.4 Å². The van der Waals surface area contributed by atoms with Crippen LogP contribution in [-0.4, -0.2) is 89.6 Å². The van der Waals surface area contributed by atoms with Crippen LogP contribution in [0.2, 0.25) is 0 Å². The van der Waals surface area contributed by atoms with E-state index in [1.165, 1.54) is 23.6 Å². The van der Waals surface area contributed by atoms with Gasteiger partial charge in [0.05, 0.1) is 24.8 Å². The Morgan fingerprint density at radius 3 is 2.92 bits per heavy atom. The minimum atomic E-state index is -0.767. The molecule has 4 unspecified atom stereocenters. The number of aliphatic hydroxyl groups is 1. The Labute approximate surface area is 237 Å². The monoisotopic (exact) mass is 544 g/mol. The first kappa shape index (κ1) is 27.0. The third-order valence-electron chi connectivity index (χ3n) is 9.35. The maximum atomic E-state index is 10.5. The number of ether oxygens (including phenoxy) is 2. The van der Waals surface area contributed by atoms with Crippen LogP contribution >= 0.6 is 0 Å². The average Bonchev–Trinajstić information content (AvgIpc) is 3.39. The number of aromatic nitrogens is 2. The van der Waals surface area contributed by atoms with E-state index in [4.69, 9.17) is 19.4 Å². The van der Waals surface area contributed by atoms with Crippen LogP contribution in [0.1, 0.15) is 42.5 Å². The number of para-hydroxylation sites is 1. The number of aliphatic hydroxyl groups excluding tert-OH is 1. The lowest BCUT2D eigenvalue weighted by Crippen LogP contribution is -2.56. The first-order valence-electron chi connectivity index (χ1n) is 14.6. The fourth-order valence-corrected chi connectivity index (χ4v) is 7.00. The molecule has 1 aliphatic carbocycles. The highest BCUT2D eigenvalue weighted by Gasteiger charge is 2.42. The first-order valence-corrected chi connectivity index (χ1v) is 14.6. The molecule has 9 heteroatoms. The Balaban J connectivity index is 1.30. The zero-order valence-electron chi connectivity index (χ0n) is 23.5. The summed E-state index contributed by atoms with van der Waals surface area (Å²) in [5.74, 6) is 1.91. The van der Waals surface area contributed by atoms with Crippen LogP contribution in [-0.2, 0) is 19.3 Å². The molecule has 1 N–H and O–H groups in total. The number of rotatable bonds is 7. The van der Waals surface area contributed by atoms with E-state index in [-0.39, 0.29) is 11.5 Å². The van der Waals surface area contributed by atoms with Crippen LogP contribution in [0.15, 0.2) is 36.9 Å². The second-order valence-electron chi connectivity index (χ2n) is 11.9. The average molecular weight is 545 g/mol. The lowest BCUT2D eigenvalue weighted by molar-refractivity contribution is 0.00428. The van der Waals surface area contributed by atoms with Crippen LogP contribution in [0.25, 0.3) is 0 Å². The van der Waals surface area contributed by atoms with E-state index in [1.807, 2.05) is 11.0 Å². The summed E-state index contributed by atoms with van der Waals surface area (Å²) < 4.78 is 12.6. The van der Waals surface area contributed by atoms with E-state index in [1.54, 1.807) is 0 Å². The number of benzene rings is 1. The molecule has 2 saturated heterocycles. The van der Waals surface area contributed by atoms with E-state index in [9.17, 15) is 10.4 Å². The van der Waals surface area contributed by atoms with E-state index in [0.29, 0.717) is 51.3 Å². The van der Waals surface area contributed by atoms with Crippen molar-refractivity contribution < 1.29 is 14.6 Å². The molecule has 4 atom stereocenters. The number of hydrogen-bond acceptors (Lipinski definition) is 9. The summed E-state index contributed by atoms with van der Waals surface area (Å²) in [7, 11) is 2.15. The zero-order chi connectivity index (χ0) is 27.7. The highest BCUT2D eigenvalue weighted by atomic mass is 16.5. The van der Waals surface area contributed by atoms with E-state index in [0.717, 1.165) is 55.9 Å². The van der Waals surface area contributed by atoms with Gasteiger partial charge < -0.3 is 24.4 Å². The zero-order valence-corrected chi connectivity index (χ0v) is 23.5. The molecule has 0 bridgehead atoms. The fourth-order valence-electron chi connectivity index (χ4n) is 7.00. The Kier molecular flexibility index (Phi) is 7.67. The molecule has 6 rings (SSSR count). The van der Waals surface area contributed by atoms with Gasteiger partial charge in [-0.1, -0.05) is 24.8 Å². The van der Waals surface area contributed by atoms with Gasteiger partial charge in [0.1, 0.15) is 24.4 Å². The van der Waals surface area contributed by atoms with Crippen LogP contribution in [0.3, 0.4) is 0 Å². The van der Waals surface area contributed by atoms with Gasteiger partial charge in [0, 0.05) is 42.7 Å². The molecule has 2 aromatic rings. The Hall–Kier alpha value is -3.19. The molecule has 9 nitrogen and oxygen atoms in total. The molecule has 3 aliphatic heterocycles. The predicted molar refractivity (Wildman–Crippen MR) is 152 cm³/mol. The summed E-state index contributed by atoms with van der Waals surface area (Å²) in [6.07, 6.45) is 7.08. The Morgan fingerprint density at radius 1 is 1.25 bits per heavy atom. The van der Waals surface area contributed by atoms with Crippen molar-refractivity contribution in [2.24, 2.45) is 5.41 Å². The standard InChI is InChI=1S/C31H40N6O3/c1-3-28(38)37-16-15-36(19-23(37)11-13-32)29-25-10-12-31(17-22-7-4-5-9-27(22)40-21-31)18-26(25)33-30(34-29)39-20-24-8-6-14-35(24)2/h3-5,7,9,23-24,28,38H,1,6,8,10-12,14-21H2,2H3. The minimum absolute atomic E-state index is 0.00598. The van der Waals surface area contributed by atoms with Gasteiger partial charge in [-0.05, 0) is 69.8 Å². The molecule has 1 aromatic heterocycles. The second-order valence-corrected chi connectivity index (χ2v) is 11.9. The van der Waals surface area contributed by atoms with Crippen molar-refractivity contribution in [2.75, 3.05) is 51.3 Å². The molecule has 212 valence electrons. The number of likely N-dealkylation sites (tertiary alicyclic amines) is 1. The number of anilines is 1. The molecular formula is C31H40N6O3. The second kappa shape index (κ2) is 11.4. The molecule has 1 aromatic carbocycles. The summed E-state index contributed by atoms with van der Waals surface area (Å²) >= 11 is 0. The van der Waals surface area contributed by atoms with Gasteiger partial charge in [0.25, 0.3) is 0 Å². The van der Waals surface area contributed by atoms with Crippen LogP contribution in [0.5, 0.6) is 11.8 Å². The minimum Gasteiger partial charge on any atom is -0.493 e. The van der Waals surface area contributed by atoms with Crippen LogP contribution in [0, 0.1) is 16.7 Å². The van der Waals surface area contributed by atoms with Crippen molar-refractivity contribution in [1.29, 1.82) is 5.26 Å². The fraction of sp³-hybridized carbons (Fsp3) is 0.581. The summed E-state index contributed by atoms with van der Waals surface area (Å²) in [6, 6.07) is 11.4. The molecular weight excluding hydrogens is 504 g/mol. The highest BCUT2D eigenvalue weighted by molar-refractivity contribution is 5.53. The smallest absolute Gasteiger partial charge is 0.318 e. The molecule has 2 fully saturated rings. The van der Waals surface area contributed by atoms with E-state index in [2.05, 4.69) is 47.7 Å². The number of piperazine rings is 1. The van der Waals surface area contributed by atoms with E-state index >= 15 is 0 Å².